The van der Waals surface area contributed by atoms with Gasteiger partial charge in [-0.25, -0.2) is 4.98 Å². The molecule has 0 spiro atoms. The standard InChI is InChI=1S/C24H20ClN3O2S/c25-17-10-11-21-20(12-17)28(14-16-6-2-1-3-7-16)18(15-30-21)13-23(29)27-24-26-19-8-4-5-9-22(19)31-24/h1-12,18H,13-15H2,(H,26,27,29)/t18-/m0/s1. The number of hydrogen-bond acceptors (Lipinski definition) is 5. The van der Waals surface area contributed by atoms with E-state index in [9.17, 15) is 4.79 Å². The number of thiazole rings is 1. The van der Waals surface area contributed by atoms with E-state index in [2.05, 4.69) is 27.3 Å². The van der Waals surface area contributed by atoms with Crippen molar-refractivity contribution in [2.24, 2.45) is 0 Å². The minimum absolute atomic E-state index is 0.0869. The third-order valence-corrected chi connectivity index (χ3v) is 6.45. The van der Waals surface area contributed by atoms with Gasteiger partial charge in [0.15, 0.2) is 5.13 Å². The Labute approximate surface area is 189 Å². The Balaban J connectivity index is 1.37. The van der Waals surface area contributed by atoms with Crippen molar-refractivity contribution in [3.8, 4) is 5.75 Å². The van der Waals surface area contributed by atoms with Gasteiger partial charge in [0.1, 0.15) is 12.4 Å². The molecule has 1 atom stereocenters. The zero-order chi connectivity index (χ0) is 21.2. The first-order valence-corrected chi connectivity index (χ1v) is 11.2. The highest BCUT2D eigenvalue weighted by atomic mass is 35.5. The van der Waals surface area contributed by atoms with E-state index < -0.39 is 0 Å². The molecule has 5 rings (SSSR count). The zero-order valence-corrected chi connectivity index (χ0v) is 18.2. The maximum absolute atomic E-state index is 12.9. The molecule has 31 heavy (non-hydrogen) atoms. The fourth-order valence-electron chi connectivity index (χ4n) is 3.78. The van der Waals surface area contributed by atoms with E-state index in [0.717, 1.165) is 27.2 Å². The van der Waals surface area contributed by atoms with Crippen molar-refractivity contribution < 1.29 is 9.53 Å². The summed E-state index contributed by atoms with van der Waals surface area (Å²) in [4.78, 5) is 19.6. The molecule has 1 aliphatic rings. The number of aromatic nitrogens is 1. The van der Waals surface area contributed by atoms with Crippen LogP contribution in [-0.4, -0.2) is 23.5 Å². The SMILES string of the molecule is O=C(C[C@H]1COc2ccc(Cl)cc2N1Cc1ccccc1)Nc1nc2ccccc2s1. The zero-order valence-electron chi connectivity index (χ0n) is 16.6. The van der Waals surface area contributed by atoms with Gasteiger partial charge in [0, 0.05) is 11.6 Å². The number of carbonyl (C=O) groups excluding carboxylic acids is 1. The third kappa shape index (κ3) is 4.36. The lowest BCUT2D eigenvalue weighted by Gasteiger charge is -2.38. The van der Waals surface area contributed by atoms with E-state index in [4.69, 9.17) is 16.3 Å². The second kappa shape index (κ2) is 8.57. The van der Waals surface area contributed by atoms with Gasteiger partial charge < -0.3 is 15.0 Å². The highest BCUT2D eigenvalue weighted by Gasteiger charge is 2.30. The highest BCUT2D eigenvalue weighted by Crippen LogP contribution is 2.38. The maximum Gasteiger partial charge on any atom is 0.228 e. The molecule has 1 aromatic heterocycles. The minimum Gasteiger partial charge on any atom is -0.489 e. The minimum atomic E-state index is -0.124. The van der Waals surface area contributed by atoms with Gasteiger partial charge in [-0.1, -0.05) is 65.4 Å². The predicted octanol–water partition coefficient (Wildman–Crippen LogP) is 5.75. The summed E-state index contributed by atoms with van der Waals surface area (Å²) in [6, 6.07) is 23.5. The van der Waals surface area contributed by atoms with E-state index >= 15 is 0 Å². The number of hydrogen-bond donors (Lipinski definition) is 1. The molecule has 0 saturated carbocycles. The van der Waals surface area contributed by atoms with E-state index in [1.54, 1.807) is 0 Å². The topological polar surface area (TPSA) is 54.5 Å². The highest BCUT2D eigenvalue weighted by molar-refractivity contribution is 7.22. The molecule has 0 fully saturated rings. The van der Waals surface area contributed by atoms with Crippen LogP contribution in [0.1, 0.15) is 12.0 Å². The second-order valence-corrected chi connectivity index (χ2v) is 8.90. The Morgan fingerprint density at radius 3 is 2.77 bits per heavy atom. The third-order valence-electron chi connectivity index (χ3n) is 5.26. The molecule has 4 aromatic rings. The first-order chi connectivity index (χ1) is 15.2. The number of fused-ring (bicyclic) bond motifs is 2. The Hall–Kier alpha value is -3.09. The molecule has 0 bridgehead atoms. The molecule has 5 nitrogen and oxygen atoms in total. The maximum atomic E-state index is 12.9. The van der Waals surface area contributed by atoms with Crippen molar-refractivity contribution in [2.75, 3.05) is 16.8 Å². The molecule has 1 N–H and O–H groups in total. The van der Waals surface area contributed by atoms with Crippen LogP contribution in [0.4, 0.5) is 10.8 Å². The molecule has 156 valence electrons. The molecular formula is C24H20ClN3O2S. The fourth-order valence-corrected chi connectivity index (χ4v) is 4.83. The summed E-state index contributed by atoms with van der Waals surface area (Å²) in [5.41, 5.74) is 2.95. The molecule has 0 aliphatic carbocycles. The summed E-state index contributed by atoms with van der Waals surface area (Å²) in [5, 5.41) is 4.21. The Bertz CT molecular complexity index is 1190. The van der Waals surface area contributed by atoms with Gasteiger partial charge in [0.25, 0.3) is 0 Å². The van der Waals surface area contributed by atoms with Crippen LogP contribution >= 0.6 is 22.9 Å². The summed E-state index contributed by atoms with van der Waals surface area (Å²) < 4.78 is 7.01. The smallest absolute Gasteiger partial charge is 0.228 e. The van der Waals surface area contributed by atoms with Crippen molar-refractivity contribution in [3.05, 3.63) is 83.4 Å². The van der Waals surface area contributed by atoms with Crippen molar-refractivity contribution in [3.63, 3.8) is 0 Å². The monoisotopic (exact) mass is 449 g/mol. The van der Waals surface area contributed by atoms with Crippen LogP contribution < -0.4 is 15.0 Å². The number of anilines is 2. The van der Waals surface area contributed by atoms with E-state index in [1.165, 1.54) is 11.3 Å². The summed E-state index contributed by atoms with van der Waals surface area (Å²) in [7, 11) is 0. The van der Waals surface area contributed by atoms with Gasteiger partial charge in [-0.3, -0.25) is 4.79 Å². The number of nitrogens with one attached hydrogen (secondary N) is 1. The van der Waals surface area contributed by atoms with Crippen LogP contribution in [0, 0.1) is 0 Å². The van der Waals surface area contributed by atoms with Gasteiger partial charge in [-0.15, -0.1) is 0 Å². The molecule has 0 saturated heterocycles. The molecule has 0 radical (unpaired) electrons. The van der Waals surface area contributed by atoms with Crippen molar-refractivity contribution in [2.45, 2.75) is 19.0 Å². The first-order valence-electron chi connectivity index (χ1n) is 10.0. The summed E-state index contributed by atoms with van der Waals surface area (Å²) in [6.45, 7) is 1.09. The predicted molar refractivity (Wildman–Crippen MR) is 126 cm³/mol. The van der Waals surface area contributed by atoms with Crippen LogP contribution in [0.15, 0.2) is 72.8 Å². The van der Waals surface area contributed by atoms with Crippen LogP contribution in [0.25, 0.3) is 10.2 Å². The number of ether oxygens (including phenoxy) is 1. The van der Waals surface area contributed by atoms with Crippen molar-refractivity contribution in [1.29, 1.82) is 0 Å². The number of para-hydroxylation sites is 1. The molecule has 0 unspecified atom stereocenters. The number of amides is 1. The number of halogens is 1. The van der Waals surface area contributed by atoms with Crippen LogP contribution in [0.2, 0.25) is 5.02 Å². The molecule has 7 heteroatoms. The van der Waals surface area contributed by atoms with Crippen molar-refractivity contribution >= 4 is 49.9 Å². The van der Waals surface area contributed by atoms with E-state index in [-0.39, 0.29) is 18.4 Å². The summed E-state index contributed by atoms with van der Waals surface area (Å²) in [5.74, 6) is 0.694. The number of benzene rings is 3. The number of rotatable bonds is 5. The van der Waals surface area contributed by atoms with Crippen molar-refractivity contribution in [1.82, 2.24) is 4.98 Å². The normalized spacial score (nSPS) is 15.4. The Kier molecular flexibility index (Phi) is 5.49. The van der Waals surface area contributed by atoms with Crippen LogP contribution in [0.5, 0.6) is 5.75 Å². The quantitative estimate of drug-likeness (QED) is 0.421. The molecule has 1 amide bonds. The summed E-state index contributed by atoms with van der Waals surface area (Å²) >= 11 is 7.75. The van der Waals surface area contributed by atoms with Crippen LogP contribution in [-0.2, 0) is 11.3 Å². The van der Waals surface area contributed by atoms with Gasteiger partial charge in [-0.2, -0.15) is 0 Å². The molecule has 3 aromatic carbocycles. The average Bonchev–Trinajstić information content (AvgIpc) is 3.18. The van der Waals surface area contributed by atoms with Gasteiger partial charge in [0.2, 0.25) is 5.91 Å². The lowest BCUT2D eigenvalue weighted by Crippen LogP contribution is -2.44. The molecule has 2 heterocycles. The average molecular weight is 450 g/mol. The first kappa shape index (κ1) is 19.8. The van der Waals surface area contributed by atoms with Gasteiger partial charge in [0.05, 0.1) is 28.4 Å². The Morgan fingerprint density at radius 2 is 1.94 bits per heavy atom. The lowest BCUT2D eigenvalue weighted by atomic mass is 10.1. The Morgan fingerprint density at radius 1 is 1.13 bits per heavy atom. The van der Waals surface area contributed by atoms with Crippen LogP contribution in [0.3, 0.4) is 0 Å². The van der Waals surface area contributed by atoms with Gasteiger partial charge >= 0.3 is 0 Å². The van der Waals surface area contributed by atoms with E-state index in [0.29, 0.717) is 23.3 Å². The van der Waals surface area contributed by atoms with Gasteiger partial charge in [-0.05, 0) is 35.9 Å². The number of carbonyl (C=O) groups is 1. The molecule has 1 aliphatic heterocycles. The fraction of sp³-hybridized carbons (Fsp3) is 0.167. The molecular weight excluding hydrogens is 430 g/mol. The lowest BCUT2D eigenvalue weighted by molar-refractivity contribution is -0.116. The number of nitrogens with zero attached hydrogens (tertiary/aromatic N) is 2. The van der Waals surface area contributed by atoms with E-state index in [1.807, 2.05) is 60.7 Å². The summed E-state index contributed by atoms with van der Waals surface area (Å²) in [6.07, 6.45) is 0.286. The largest absolute Gasteiger partial charge is 0.489 e. The second-order valence-electron chi connectivity index (χ2n) is 7.43.